The molecule has 1 aromatic carbocycles. The molecule has 0 aliphatic heterocycles. The summed E-state index contributed by atoms with van der Waals surface area (Å²) in [6, 6.07) is 10.2. The zero-order valence-electron chi connectivity index (χ0n) is 12.1. The van der Waals surface area contributed by atoms with E-state index in [2.05, 4.69) is 17.4 Å². The number of hydrogen-bond donors (Lipinski definition) is 2. The molecule has 0 spiro atoms. The van der Waals surface area contributed by atoms with Gasteiger partial charge in [-0.2, -0.15) is 0 Å². The van der Waals surface area contributed by atoms with Gasteiger partial charge in [0.15, 0.2) is 0 Å². The number of benzene rings is 1. The summed E-state index contributed by atoms with van der Waals surface area (Å²) in [6.45, 7) is 0.414. The summed E-state index contributed by atoms with van der Waals surface area (Å²) in [4.78, 5) is 11.8. The molecule has 0 bridgehead atoms. The first-order valence-electron chi connectivity index (χ1n) is 7.71. The zero-order valence-corrected chi connectivity index (χ0v) is 12.1. The maximum absolute atomic E-state index is 11.8. The van der Waals surface area contributed by atoms with Gasteiger partial charge in [-0.15, -0.1) is 0 Å². The Kier molecular flexibility index (Phi) is 5.60. The number of aryl methyl sites for hydroxylation is 1. The Morgan fingerprint density at radius 3 is 2.55 bits per heavy atom. The smallest absolute Gasteiger partial charge is 0.220 e. The molecule has 1 aliphatic carbocycles. The average Bonchev–Trinajstić information content (AvgIpc) is 2.47. The van der Waals surface area contributed by atoms with Gasteiger partial charge >= 0.3 is 0 Å². The van der Waals surface area contributed by atoms with E-state index >= 15 is 0 Å². The van der Waals surface area contributed by atoms with Crippen LogP contribution in [-0.2, 0) is 11.2 Å². The fraction of sp³-hybridized carbons (Fsp3) is 0.588. The molecule has 0 atom stereocenters. The van der Waals surface area contributed by atoms with E-state index in [-0.39, 0.29) is 5.91 Å². The molecule has 1 aromatic rings. The van der Waals surface area contributed by atoms with Crippen molar-refractivity contribution in [3.05, 3.63) is 35.9 Å². The van der Waals surface area contributed by atoms with Crippen LogP contribution in [0.15, 0.2) is 30.3 Å². The number of amides is 1. The molecule has 1 fully saturated rings. The van der Waals surface area contributed by atoms with Gasteiger partial charge in [-0.05, 0) is 31.2 Å². The lowest BCUT2D eigenvalue weighted by atomic mass is 9.85. The van der Waals surface area contributed by atoms with E-state index in [1.54, 1.807) is 0 Å². The first kappa shape index (κ1) is 15.0. The molecule has 0 heterocycles. The molecule has 110 valence electrons. The Hall–Kier alpha value is -1.35. The van der Waals surface area contributed by atoms with Crippen molar-refractivity contribution < 1.29 is 9.90 Å². The maximum Gasteiger partial charge on any atom is 0.220 e. The molecule has 2 rings (SSSR count). The Labute approximate surface area is 121 Å². The van der Waals surface area contributed by atoms with Gasteiger partial charge < -0.3 is 10.4 Å². The third-order valence-corrected chi connectivity index (χ3v) is 4.11. The van der Waals surface area contributed by atoms with Gasteiger partial charge in [0, 0.05) is 13.0 Å². The highest BCUT2D eigenvalue weighted by molar-refractivity contribution is 5.75. The minimum atomic E-state index is -0.659. The minimum Gasteiger partial charge on any atom is -0.388 e. The molecule has 0 radical (unpaired) electrons. The summed E-state index contributed by atoms with van der Waals surface area (Å²) in [5.41, 5.74) is 0.610. The van der Waals surface area contributed by atoms with Crippen molar-refractivity contribution in [2.24, 2.45) is 0 Å². The number of nitrogens with one attached hydrogen (secondary N) is 1. The quantitative estimate of drug-likeness (QED) is 0.838. The molecule has 1 aliphatic rings. The normalized spacial score (nSPS) is 17.6. The summed E-state index contributed by atoms with van der Waals surface area (Å²) in [5.74, 6) is 0.0555. The fourth-order valence-electron chi connectivity index (χ4n) is 2.84. The van der Waals surface area contributed by atoms with Crippen LogP contribution in [0, 0.1) is 0 Å². The first-order chi connectivity index (χ1) is 9.68. The monoisotopic (exact) mass is 275 g/mol. The Morgan fingerprint density at radius 1 is 1.15 bits per heavy atom. The number of hydrogen-bond acceptors (Lipinski definition) is 2. The van der Waals surface area contributed by atoms with Gasteiger partial charge in [-0.3, -0.25) is 4.79 Å². The van der Waals surface area contributed by atoms with Crippen molar-refractivity contribution in [1.29, 1.82) is 0 Å². The lowest BCUT2D eigenvalue weighted by molar-refractivity contribution is -0.122. The molecule has 0 aromatic heterocycles. The highest BCUT2D eigenvalue weighted by atomic mass is 16.3. The molecule has 1 amide bonds. The summed E-state index contributed by atoms with van der Waals surface area (Å²) in [7, 11) is 0. The van der Waals surface area contributed by atoms with Crippen LogP contribution in [0.1, 0.15) is 50.5 Å². The van der Waals surface area contributed by atoms with Crippen molar-refractivity contribution >= 4 is 5.91 Å². The topological polar surface area (TPSA) is 49.3 Å². The van der Waals surface area contributed by atoms with Crippen LogP contribution in [0.4, 0.5) is 0 Å². The number of rotatable bonds is 6. The summed E-state index contributed by atoms with van der Waals surface area (Å²) in [5, 5.41) is 13.2. The molecule has 20 heavy (non-hydrogen) atoms. The van der Waals surface area contributed by atoms with Crippen molar-refractivity contribution in [1.82, 2.24) is 5.32 Å². The molecular weight excluding hydrogens is 250 g/mol. The fourth-order valence-corrected chi connectivity index (χ4v) is 2.84. The van der Waals surface area contributed by atoms with Crippen LogP contribution in [-0.4, -0.2) is 23.2 Å². The van der Waals surface area contributed by atoms with Crippen molar-refractivity contribution in [2.75, 3.05) is 6.54 Å². The van der Waals surface area contributed by atoms with Crippen LogP contribution in [0.3, 0.4) is 0 Å². The van der Waals surface area contributed by atoms with Gasteiger partial charge in [0.25, 0.3) is 0 Å². The lowest BCUT2D eigenvalue weighted by Crippen LogP contribution is -2.44. The van der Waals surface area contributed by atoms with E-state index in [1.807, 2.05) is 18.2 Å². The van der Waals surface area contributed by atoms with E-state index in [0.717, 1.165) is 38.5 Å². The van der Waals surface area contributed by atoms with Gasteiger partial charge in [0.1, 0.15) is 0 Å². The van der Waals surface area contributed by atoms with Crippen LogP contribution >= 0.6 is 0 Å². The molecule has 1 saturated carbocycles. The van der Waals surface area contributed by atoms with E-state index in [1.165, 1.54) is 12.0 Å². The van der Waals surface area contributed by atoms with Gasteiger partial charge in [0.2, 0.25) is 5.91 Å². The van der Waals surface area contributed by atoms with E-state index in [4.69, 9.17) is 0 Å². The highest BCUT2D eigenvalue weighted by Gasteiger charge is 2.29. The zero-order chi connectivity index (χ0) is 14.3. The Morgan fingerprint density at radius 2 is 1.85 bits per heavy atom. The van der Waals surface area contributed by atoms with E-state index < -0.39 is 5.60 Å². The van der Waals surface area contributed by atoms with Crippen LogP contribution in [0.5, 0.6) is 0 Å². The second kappa shape index (κ2) is 7.44. The molecule has 0 saturated heterocycles. The third-order valence-electron chi connectivity index (χ3n) is 4.11. The molecule has 3 heteroatoms. The summed E-state index contributed by atoms with van der Waals surface area (Å²) in [6.07, 6.45) is 7.29. The SMILES string of the molecule is O=C(CCCc1ccccc1)NCC1(O)CCCCC1. The largest absolute Gasteiger partial charge is 0.388 e. The van der Waals surface area contributed by atoms with Crippen molar-refractivity contribution in [2.45, 2.75) is 57.0 Å². The summed E-state index contributed by atoms with van der Waals surface area (Å²) >= 11 is 0. The third kappa shape index (κ3) is 4.97. The standard InChI is InChI=1S/C17H25NO2/c19-16(11-7-10-15-8-3-1-4-9-15)18-14-17(20)12-5-2-6-13-17/h1,3-4,8-9,20H,2,5-7,10-14H2,(H,18,19). The van der Waals surface area contributed by atoms with E-state index in [0.29, 0.717) is 13.0 Å². The Bertz CT molecular complexity index is 410. The van der Waals surface area contributed by atoms with Crippen LogP contribution in [0.25, 0.3) is 0 Å². The number of carbonyl (C=O) groups excluding carboxylic acids is 1. The predicted octanol–water partition coefficient (Wildman–Crippen LogP) is 2.82. The van der Waals surface area contributed by atoms with Crippen molar-refractivity contribution in [3.63, 3.8) is 0 Å². The lowest BCUT2D eigenvalue weighted by Gasteiger charge is -2.32. The summed E-state index contributed by atoms with van der Waals surface area (Å²) < 4.78 is 0. The van der Waals surface area contributed by atoms with Gasteiger partial charge in [0.05, 0.1) is 5.60 Å². The molecule has 0 unspecified atom stereocenters. The van der Waals surface area contributed by atoms with Gasteiger partial charge in [-0.1, -0.05) is 49.6 Å². The van der Waals surface area contributed by atoms with Crippen LogP contribution in [0.2, 0.25) is 0 Å². The predicted molar refractivity (Wildman–Crippen MR) is 80.4 cm³/mol. The number of aliphatic hydroxyl groups is 1. The number of carbonyl (C=O) groups is 1. The average molecular weight is 275 g/mol. The van der Waals surface area contributed by atoms with Crippen molar-refractivity contribution in [3.8, 4) is 0 Å². The molecular formula is C17H25NO2. The molecule has 2 N–H and O–H groups in total. The highest BCUT2D eigenvalue weighted by Crippen LogP contribution is 2.27. The minimum absolute atomic E-state index is 0.0555. The maximum atomic E-state index is 11.8. The second-order valence-electron chi connectivity index (χ2n) is 5.90. The second-order valence-corrected chi connectivity index (χ2v) is 5.90. The Balaban J connectivity index is 1.63. The van der Waals surface area contributed by atoms with Crippen LogP contribution < -0.4 is 5.32 Å². The van der Waals surface area contributed by atoms with E-state index in [9.17, 15) is 9.90 Å². The molecule has 3 nitrogen and oxygen atoms in total. The van der Waals surface area contributed by atoms with Gasteiger partial charge in [-0.25, -0.2) is 0 Å². The first-order valence-corrected chi connectivity index (χ1v) is 7.71.